The molecule has 1 heteroatoms. The number of rotatable bonds is 3. The van der Waals surface area contributed by atoms with Crippen molar-refractivity contribution in [2.45, 2.75) is 19.8 Å². The number of hydrogen-bond donors (Lipinski definition) is 0. The minimum atomic E-state index is -0.258. The average Bonchev–Trinajstić information content (AvgIpc) is 2.07. The van der Waals surface area contributed by atoms with Gasteiger partial charge in [-0.05, 0) is 17.5 Å². The normalized spacial score (nSPS) is 10.0. The molecule has 0 saturated carbocycles. The van der Waals surface area contributed by atoms with Crippen LogP contribution in [0.15, 0.2) is 24.3 Å². The van der Waals surface area contributed by atoms with Crippen molar-refractivity contribution in [3.05, 3.63) is 35.4 Å². The van der Waals surface area contributed by atoms with Crippen LogP contribution in [0.2, 0.25) is 0 Å². The number of hydrogen-bond acceptors (Lipinski definition) is 0. The van der Waals surface area contributed by atoms with E-state index in [1.807, 2.05) is 12.1 Å². The van der Waals surface area contributed by atoms with Crippen molar-refractivity contribution in [3.8, 4) is 0 Å². The highest BCUT2D eigenvalue weighted by Gasteiger charge is 1.91. The summed E-state index contributed by atoms with van der Waals surface area (Å²) in [5, 5.41) is 0. The Morgan fingerprint density at radius 1 is 1.09 bits per heavy atom. The van der Waals surface area contributed by atoms with E-state index in [0.717, 1.165) is 12.0 Å². The summed E-state index contributed by atoms with van der Waals surface area (Å²) in [4.78, 5) is 0. The molecule has 0 fully saturated rings. The number of halogens is 1. The van der Waals surface area contributed by atoms with E-state index in [-0.39, 0.29) is 6.67 Å². The fourth-order valence-electron chi connectivity index (χ4n) is 1.05. The Hall–Kier alpha value is -0.850. The van der Waals surface area contributed by atoms with Gasteiger partial charge in [0.1, 0.15) is 0 Å². The molecule has 1 rings (SSSR count). The van der Waals surface area contributed by atoms with Gasteiger partial charge in [-0.15, -0.1) is 0 Å². The Morgan fingerprint density at radius 3 is 2.09 bits per heavy atom. The van der Waals surface area contributed by atoms with Crippen molar-refractivity contribution >= 4 is 0 Å². The summed E-state index contributed by atoms with van der Waals surface area (Å²) in [6, 6.07) is 8.12. The smallest absolute Gasteiger partial charge is 0.0934 e. The van der Waals surface area contributed by atoms with Crippen molar-refractivity contribution in [1.82, 2.24) is 0 Å². The lowest BCUT2D eigenvalue weighted by Gasteiger charge is -1.98. The predicted octanol–water partition coefficient (Wildman–Crippen LogP) is 2.76. The first-order valence-corrected chi connectivity index (χ1v) is 4.00. The molecule has 0 heterocycles. The van der Waals surface area contributed by atoms with Gasteiger partial charge in [0.05, 0.1) is 6.67 Å². The predicted molar refractivity (Wildman–Crippen MR) is 45.5 cm³/mol. The molecule has 1 aromatic rings. The Bertz CT molecular complexity index is 201. The summed E-state index contributed by atoms with van der Waals surface area (Å²) < 4.78 is 11.9. The van der Waals surface area contributed by atoms with E-state index in [1.54, 1.807) is 0 Å². The van der Waals surface area contributed by atoms with E-state index in [9.17, 15) is 4.39 Å². The van der Waals surface area contributed by atoms with Crippen LogP contribution in [-0.2, 0) is 12.8 Å². The summed E-state index contributed by atoms with van der Waals surface area (Å²) in [5.74, 6) is 0. The topological polar surface area (TPSA) is 0 Å². The molecule has 0 saturated heterocycles. The zero-order valence-corrected chi connectivity index (χ0v) is 6.81. The van der Waals surface area contributed by atoms with Crippen molar-refractivity contribution in [2.75, 3.05) is 6.67 Å². The molecule has 0 aliphatic heterocycles. The molecule has 0 aliphatic carbocycles. The maximum absolute atomic E-state index is 11.9. The Morgan fingerprint density at radius 2 is 1.64 bits per heavy atom. The van der Waals surface area contributed by atoms with Crippen molar-refractivity contribution in [3.63, 3.8) is 0 Å². The highest BCUT2D eigenvalue weighted by molar-refractivity contribution is 5.22. The molecule has 0 aromatic heterocycles. The van der Waals surface area contributed by atoms with Gasteiger partial charge in [0, 0.05) is 6.42 Å². The maximum Gasteiger partial charge on any atom is 0.0934 e. The van der Waals surface area contributed by atoms with Gasteiger partial charge in [0.25, 0.3) is 0 Å². The first-order valence-electron chi connectivity index (χ1n) is 4.00. The largest absolute Gasteiger partial charge is 0.251 e. The van der Waals surface area contributed by atoms with Crippen molar-refractivity contribution < 1.29 is 4.39 Å². The molecule has 60 valence electrons. The molecule has 0 bridgehead atoms. The van der Waals surface area contributed by atoms with Gasteiger partial charge in [-0.2, -0.15) is 0 Å². The van der Waals surface area contributed by atoms with E-state index >= 15 is 0 Å². The highest BCUT2D eigenvalue weighted by atomic mass is 19.1. The second-order valence-electron chi connectivity index (χ2n) is 2.61. The minimum absolute atomic E-state index is 0.258. The molecule has 1 aromatic carbocycles. The molecule has 0 unspecified atom stereocenters. The van der Waals surface area contributed by atoms with Crippen LogP contribution in [0, 0.1) is 0 Å². The second kappa shape index (κ2) is 4.12. The third-order valence-electron chi connectivity index (χ3n) is 1.81. The van der Waals surface area contributed by atoms with Gasteiger partial charge in [-0.1, -0.05) is 31.2 Å². The molecule has 0 radical (unpaired) electrons. The Kier molecular flexibility index (Phi) is 3.09. The van der Waals surface area contributed by atoms with Crippen LogP contribution in [0.25, 0.3) is 0 Å². The number of alkyl halides is 1. The molecular weight excluding hydrogens is 139 g/mol. The van der Waals surface area contributed by atoms with Gasteiger partial charge >= 0.3 is 0 Å². The Balaban J connectivity index is 2.66. The SMILES string of the molecule is CCc1ccc(CCF)cc1. The lowest BCUT2D eigenvalue weighted by molar-refractivity contribution is 0.495. The molecule has 0 nitrogen and oxygen atoms in total. The van der Waals surface area contributed by atoms with E-state index in [0.29, 0.717) is 6.42 Å². The van der Waals surface area contributed by atoms with Gasteiger partial charge in [-0.3, -0.25) is 4.39 Å². The van der Waals surface area contributed by atoms with E-state index in [4.69, 9.17) is 0 Å². The molecule has 11 heavy (non-hydrogen) atoms. The standard InChI is InChI=1S/C10H13F/c1-2-9-3-5-10(6-4-9)7-8-11/h3-6H,2,7-8H2,1H3. The first kappa shape index (κ1) is 8.25. The van der Waals surface area contributed by atoms with Crippen LogP contribution in [-0.4, -0.2) is 6.67 Å². The van der Waals surface area contributed by atoms with Gasteiger partial charge in [-0.25, -0.2) is 0 Å². The summed E-state index contributed by atoms with van der Waals surface area (Å²) in [5.41, 5.74) is 2.40. The highest BCUT2D eigenvalue weighted by Crippen LogP contribution is 2.05. The number of benzene rings is 1. The first-order chi connectivity index (χ1) is 5.36. The molecule has 0 N–H and O–H groups in total. The van der Waals surface area contributed by atoms with Crippen molar-refractivity contribution in [2.24, 2.45) is 0 Å². The van der Waals surface area contributed by atoms with Crippen LogP contribution < -0.4 is 0 Å². The molecule has 0 spiro atoms. The summed E-state index contributed by atoms with van der Waals surface area (Å²) in [6.07, 6.45) is 1.60. The summed E-state index contributed by atoms with van der Waals surface area (Å²) in [7, 11) is 0. The van der Waals surface area contributed by atoms with Gasteiger partial charge in [0.2, 0.25) is 0 Å². The van der Waals surface area contributed by atoms with Crippen LogP contribution in [0.3, 0.4) is 0 Å². The zero-order valence-electron chi connectivity index (χ0n) is 6.81. The average molecular weight is 152 g/mol. The fourth-order valence-corrected chi connectivity index (χ4v) is 1.05. The van der Waals surface area contributed by atoms with Crippen LogP contribution in [0.4, 0.5) is 4.39 Å². The van der Waals surface area contributed by atoms with E-state index in [1.165, 1.54) is 5.56 Å². The van der Waals surface area contributed by atoms with E-state index < -0.39 is 0 Å². The lowest BCUT2D eigenvalue weighted by Crippen LogP contribution is -1.87. The van der Waals surface area contributed by atoms with Crippen molar-refractivity contribution in [1.29, 1.82) is 0 Å². The minimum Gasteiger partial charge on any atom is -0.251 e. The quantitative estimate of drug-likeness (QED) is 0.624. The van der Waals surface area contributed by atoms with E-state index in [2.05, 4.69) is 19.1 Å². The number of aryl methyl sites for hydroxylation is 2. The Labute approximate surface area is 67.1 Å². The molecule has 0 amide bonds. The molecule has 0 aliphatic rings. The summed E-state index contributed by atoms with van der Waals surface area (Å²) >= 11 is 0. The van der Waals surface area contributed by atoms with Crippen LogP contribution in [0.5, 0.6) is 0 Å². The second-order valence-corrected chi connectivity index (χ2v) is 2.61. The van der Waals surface area contributed by atoms with Crippen LogP contribution in [0.1, 0.15) is 18.1 Å². The monoisotopic (exact) mass is 152 g/mol. The zero-order chi connectivity index (χ0) is 8.10. The third-order valence-corrected chi connectivity index (χ3v) is 1.81. The molecule has 0 atom stereocenters. The summed E-state index contributed by atoms with van der Waals surface area (Å²) in [6.45, 7) is 1.86. The fraction of sp³-hybridized carbons (Fsp3) is 0.400. The maximum atomic E-state index is 11.9. The van der Waals surface area contributed by atoms with Crippen LogP contribution >= 0.6 is 0 Å². The lowest BCUT2D eigenvalue weighted by atomic mass is 10.1. The third kappa shape index (κ3) is 2.34. The van der Waals surface area contributed by atoms with Gasteiger partial charge in [0.15, 0.2) is 0 Å². The van der Waals surface area contributed by atoms with Gasteiger partial charge < -0.3 is 0 Å². The molecular formula is C10H13F.